The summed E-state index contributed by atoms with van der Waals surface area (Å²) in [4.78, 5) is 17.5. The summed E-state index contributed by atoms with van der Waals surface area (Å²) in [5, 5.41) is 0.456. The largest absolute Gasteiger partial charge is 0.457 e. The summed E-state index contributed by atoms with van der Waals surface area (Å²) in [7, 11) is -3.07. The van der Waals surface area contributed by atoms with Gasteiger partial charge in [-0.3, -0.25) is 4.79 Å². The van der Waals surface area contributed by atoms with E-state index in [4.69, 9.17) is 4.74 Å². The summed E-state index contributed by atoms with van der Waals surface area (Å²) in [6.45, 7) is 1.40. The number of benzene rings is 2. The molecule has 0 aliphatic carbocycles. The zero-order valence-corrected chi connectivity index (χ0v) is 16.2. The normalized spacial score (nSPS) is 24.8. The third-order valence-corrected chi connectivity index (χ3v) is 7.62. The lowest BCUT2D eigenvalue weighted by atomic mass is 10.2. The number of anilines is 1. The van der Waals surface area contributed by atoms with E-state index in [0.29, 0.717) is 10.9 Å². The Labute approximate surface area is 162 Å². The van der Waals surface area contributed by atoms with Crippen LogP contribution < -0.4 is 9.64 Å². The first-order chi connectivity index (χ1) is 12.9. The monoisotopic (exact) mass is 402 g/mol. The van der Waals surface area contributed by atoms with Gasteiger partial charge in [-0.05, 0) is 36.4 Å². The van der Waals surface area contributed by atoms with E-state index < -0.39 is 9.84 Å². The van der Waals surface area contributed by atoms with Gasteiger partial charge in [-0.2, -0.15) is 4.99 Å². The van der Waals surface area contributed by atoms with E-state index in [1.54, 1.807) is 0 Å². The number of amidine groups is 1. The van der Waals surface area contributed by atoms with Gasteiger partial charge in [-0.25, -0.2) is 8.42 Å². The first-order valence-corrected chi connectivity index (χ1v) is 11.2. The third kappa shape index (κ3) is 3.86. The van der Waals surface area contributed by atoms with E-state index in [9.17, 15) is 13.2 Å². The molecule has 0 radical (unpaired) electrons. The Morgan fingerprint density at radius 3 is 2.41 bits per heavy atom. The molecule has 6 nitrogen and oxygen atoms in total. The van der Waals surface area contributed by atoms with Gasteiger partial charge in [-0.15, -0.1) is 0 Å². The number of ether oxygens (including phenoxy) is 1. The first-order valence-electron chi connectivity index (χ1n) is 8.50. The summed E-state index contributed by atoms with van der Waals surface area (Å²) in [6.07, 6.45) is 0. The first kappa shape index (κ1) is 18.1. The van der Waals surface area contributed by atoms with Crippen LogP contribution in [0.2, 0.25) is 0 Å². The van der Waals surface area contributed by atoms with Crippen LogP contribution in [-0.2, 0) is 14.6 Å². The number of nitrogens with zero attached hydrogens (tertiary/aromatic N) is 2. The maximum absolute atomic E-state index is 12.0. The molecule has 0 unspecified atom stereocenters. The van der Waals surface area contributed by atoms with Crippen molar-refractivity contribution in [3.63, 3.8) is 0 Å². The second-order valence-corrected chi connectivity index (χ2v) is 9.85. The van der Waals surface area contributed by atoms with Crippen LogP contribution in [0.25, 0.3) is 0 Å². The van der Waals surface area contributed by atoms with E-state index in [1.807, 2.05) is 59.5 Å². The van der Waals surface area contributed by atoms with Crippen molar-refractivity contribution in [3.8, 4) is 11.5 Å². The highest BCUT2D eigenvalue weighted by Crippen LogP contribution is 2.41. The molecule has 0 aromatic heterocycles. The summed E-state index contributed by atoms with van der Waals surface area (Å²) in [5.74, 6) is 1.31. The number of carbonyl (C=O) groups excluding carboxylic acids is 1. The third-order valence-electron chi connectivity index (χ3n) is 4.41. The molecule has 2 aliphatic heterocycles. The van der Waals surface area contributed by atoms with Crippen molar-refractivity contribution >= 4 is 38.4 Å². The summed E-state index contributed by atoms with van der Waals surface area (Å²) < 4.78 is 29.9. The van der Waals surface area contributed by atoms with Gasteiger partial charge in [0.25, 0.3) is 0 Å². The Balaban J connectivity index is 1.62. The molecular weight excluding hydrogens is 384 g/mol. The van der Waals surface area contributed by atoms with Crippen LogP contribution in [0.4, 0.5) is 5.69 Å². The van der Waals surface area contributed by atoms with Crippen LogP contribution in [0.5, 0.6) is 11.5 Å². The van der Waals surface area contributed by atoms with Crippen molar-refractivity contribution < 1.29 is 17.9 Å². The molecule has 2 atom stereocenters. The fourth-order valence-corrected chi connectivity index (χ4v) is 7.26. The van der Waals surface area contributed by atoms with Crippen LogP contribution in [0.3, 0.4) is 0 Å². The standard InChI is InChI=1S/C19H18N2O4S2/c1-13(22)20-19-21(17-11-27(23,24)12-18(17)26-19)14-7-9-16(10-8-14)25-15-5-3-2-4-6-15/h2-10,17-18H,11-12H2,1H3/t17-,18+/m1/s1. The Morgan fingerprint density at radius 1 is 1.07 bits per heavy atom. The number of para-hydroxylation sites is 1. The van der Waals surface area contributed by atoms with Crippen LogP contribution in [-0.4, -0.2) is 42.3 Å². The molecule has 140 valence electrons. The number of rotatable bonds is 3. The molecule has 8 heteroatoms. The summed E-state index contributed by atoms with van der Waals surface area (Å²) >= 11 is 1.37. The van der Waals surface area contributed by atoms with Gasteiger partial charge in [0.2, 0.25) is 5.91 Å². The topological polar surface area (TPSA) is 76.0 Å². The molecule has 2 saturated heterocycles. The zero-order valence-electron chi connectivity index (χ0n) is 14.6. The number of amides is 1. The van der Waals surface area contributed by atoms with Crippen LogP contribution in [0, 0.1) is 0 Å². The molecule has 2 fully saturated rings. The summed E-state index contributed by atoms with van der Waals surface area (Å²) in [5.41, 5.74) is 0.799. The number of aliphatic imine (C=N–C) groups is 1. The second kappa shape index (κ2) is 7.01. The molecule has 2 aliphatic rings. The Morgan fingerprint density at radius 2 is 1.74 bits per heavy atom. The van der Waals surface area contributed by atoms with Gasteiger partial charge in [-0.1, -0.05) is 30.0 Å². The SMILES string of the molecule is CC(=O)N=C1S[C@H]2CS(=O)(=O)C[C@H]2N1c1ccc(Oc2ccccc2)cc1. The van der Waals surface area contributed by atoms with Gasteiger partial charge >= 0.3 is 0 Å². The Kier molecular flexibility index (Phi) is 4.69. The molecule has 1 amide bonds. The molecule has 0 spiro atoms. The van der Waals surface area contributed by atoms with E-state index in [1.165, 1.54) is 18.7 Å². The second-order valence-electron chi connectivity index (χ2n) is 6.49. The highest BCUT2D eigenvalue weighted by atomic mass is 32.2. The molecule has 0 saturated carbocycles. The van der Waals surface area contributed by atoms with Gasteiger partial charge in [0.15, 0.2) is 15.0 Å². The van der Waals surface area contributed by atoms with Crippen molar-refractivity contribution in [2.75, 3.05) is 16.4 Å². The maximum atomic E-state index is 12.0. The van der Waals surface area contributed by atoms with Gasteiger partial charge in [0.1, 0.15) is 11.5 Å². The lowest BCUT2D eigenvalue weighted by Gasteiger charge is -2.24. The quantitative estimate of drug-likeness (QED) is 0.785. The van der Waals surface area contributed by atoms with Crippen LogP contribution >= 0.6 is 11.8 Å². The van der Waals surface area contributed by atoms with Gasteiger partial charge < -0.3 is 9.64 Å². The Hall–Kier alpha value is -2.32. The lowest BCUT2D eigenvalue weighted by molar-refractivity contribution is -0.115. The average Bonchev–Trinajstić information content (AvgIpc) is 3.07. The van der Waals surface area contributed by atoms with E-state index in [0.717, 1.165) is 11.4 Å². The number of fused-ring (bicyclic) bond motifs is 1. The van der Waals surface area contributed by atoms with Gasteiger partial charge in [0, 0.05) is 17.9 Å². The lowest BCUT2D eigenvalue weighted by Crippen LogP contribution is -2.37. The minimum Gasteiger partial charge on any atom is -0.457 e. The Bertz CT molecular complexity index is 988. The molecule has 2 aromatic rings. The average molecular weight is 402 g/mol. The van der Waals surface area contributed by atoms with Crippen molar-refractivity contribution in [3.05, 3.63) is 54.6 Å². The number of hydrogen-bond acceptors (Lipinski definition) is 5. The fourth-order valence-electron chi connectivity index (χ4n) is 3.30. The molecule has 2 heterocycles. The minimum absolute atomic E-state index is 0.0733. The molecule has 0 N–H and O–H groups in total. The number of sulfone groups is 1. The fraction of sp³-hybridized carbons (Fsp3) is 0.263. The molecule has 27 heavy (non-hydrogen) atoms. The van der Waals surface area contributed by atoms with Crippen LogP contribution in [0.1, 0.15) is 6.92 Å². The predicted molar refractivity (Wildman–Crippen MR) is 107 cm³/mol. The summed E-state index contributed by atoms with van der Waals surface area (Å²) in [6, 6.07) is 16.6. The molecular formula is C19H18N2O4S2. The number of carbonyl (C=O) groups is 1. The van der Waals surface area contributed by atoms with Crippen molar-refractivity contribution in [2.24, 2.45) is 4.99 Å². The van der Waals surface area contributed by atoms with Crippen molar-refractivity contribution in [1.82, 2.24) is 0 Å². The van der Waals surface area contributed by atoms with E-state index in [2.05, 4.69) is 4.99 Å². The zero-order chi connectivity index (χ0) is 19.0. The number of thioether (sulfide) groups is 1. The smallest absolute Gasteiger partial charge is 0.244 e. The molecule has 0 bridgehead atoms. The molecule has 2 aromatic carbocycles. The van der Waals surface area contributed by atoms with E-state index >= 15 is 0 Å². The number of hydrogen-bond donors (Lipinski definition) is 0. The highest BCUT2D eigenvalue weighted by molar-refractivity contribution is 8.16. The molecule has 4 rings (SSSR count). The van der Waals surface area contributed by atoms with Crippen molar-refractivity contribution in [2.45, 2.75) is 18.2 Å². The van der Waals surface area contributed by atoms with Crippen molar-refractivity contribution in [1.29, 1.82) is 0 Å². The minimum atomic E-state index is -3.07. The maximum Gasteiger partial charge on any atom is 0.244 e. The highest BCUT2D eigenvalue weighted by Gasteiger charge is 2.49. The van der Waals surface area contributed by atoms with Gasteiger partial charge in [0.05, 0.1) is 17.5 Å². The predicted octanol–water partition coefficient (Wildman–Crippen LogP) is 3.10. The van der Waals surface area contributed by atoms with Crippen LogP contribution in [0.15, 0.2) is 59.6 Å². The van der Waals surface area contributed by atoms with E-state index in [-0.39, 0.29) is 28.7 Å².